The number of benzene rings is 1. The van der Waals surface area contributed by atoms with Gasteiger partial charge in [0.25, 0.3) is 0 Å². The molecule has 160 valence electrons. The first-order valence-electron chi connectivity index (χ1n) is 10.5. The summed E-state index contributed by atoms with van der Waals surface area (Å²) in [7, 11) is 1.65. The smallest absolute Gasteiger partial charge is 0.315 e. The van der Waals surface area contributed by atoms with Gasteiger partial charge in [0.1, 0.15) is 11.8 Å². The standard InChI is InChI=1S/C22H33N3O4/c1-15(2)19(20(26)24-17-6-7-17)25-21(27)23-14-22(10-12-29-13-11-22)16-4-8-18(28-3)9-5-16/h4-5,8-9,15,17,19H,6-7,10-14H2,1-3H3,(H,24,26)(H2,23,25,27)/t19-/m0/s1. The minimum absolute atomic E-state index is 0.0122. The lowest BCUT2D eigenvalue weighted by Gasteiger charge is -2.38. The monoisotopic (exact) mass is 403 g/mol. The van der Waals surface area contributed by atoms with Gasteiger partial charge in [0.05, 0.1) is 7.11 Å². The highest BCUT2D eigenvalue weighted by molar-refractivity contribution is 5.87. The number of methoxy groups -OCH3 is 1. The first-order chi connectivity index (χ1) is 13.9. The van der Waals surface area contributed by atoms with Gasteiger partial charge in [-0.2, -0.15) is 0 Å². The maximum Gasteiger partial charge on any atom is 0.315 e. The number of rotatable bonds is 8. The van der Waals surface area contributed by atoms with Crippen molar-refractivity contribution < 1.29 is 19.1 Å². The number of carbonyl (C=O) groups excluding carboxylic acids is 2. The van der Waals surface area contributed by atoms with Crippen molar-refractivity contribution in [2.24, 2.45) is 5.92 Å². The zero-order chi connectivity index (χ0) is 20.9. The summed E-state index contributed by atoms with van der Waals surface area (Å²) in [4.78, 5) is 25.1. The molecule has 1 aliphatic carbocycles. The summed E-state index contributed by atoms with van der Waals surface area (Å²) in [6, 6.07) is 7.44. The number of carbonyl (C=O) groups is 2. The Hall–Kier alpha value is -2.28. The molecule has 1 aliphatic heterocycles. The van der Waals surface area contributed by atoms with E-state index in [1.54, 1.807) is 7.11 Å². The average Bonchev–Trinajstić information content (AvgIpc) is 3.55. The predicted molar refractivity (Wildman–Crippen MR) is 111 cm³/mol. The Balaban J connectivity index is 1.63. The molecule has 1 aromatic rings. The van der Waals surface area contributed by atoms with Crippen LogP contribution < -0.4 is 20.7 Å². The molecule has 0 unspecified atom stereocenters. The zero-order valence-corrected chi connectivity index (χ0v) is 17.6. The fourth-order valence-electron chi connectivity index (χ4n) is 3.77. The van der Waals surface area contributed by atoms with E-state index in [4.69, 9.17) is 9.47 Å². The summed E-state index contributed by atoms with van der Waals surface area (Å²) >= 11 is 0. The molecule has 3 rings (SSSR count). The molecule has 0 aromatic heterocycles. The molecule has 2 aliphatic rings. The molecule has 3 amide bonds. The summed E-state index contributed by atoms with van der Waals surface area (Å²) in [5.41, 5.74) is 0.972. The number of amides is 3. The van der Waals surface area contributed by atoms with Crippen molar-refractivity contribution in [3.05, 3.63) is 29.8 Å². The fraction of sp³-hybridized carbons (Fsp3) is 0.636. The largest absolute Gasteiger partial charge is 0.497 e. The molecule has 7 nitrogen and oxygen atoms in total. The lowest BCUT2D eigenvalue weighted by Crippen LogP contribution is -2.55. The first kappa shape index (κ1) is 21.4. The van der Waals surface area contributed by atoms with Gasteiger partial charge in [0, 0.05) is 31.2 Å². The molecule has 0 spiro atoms. The second-order valence-corrected chi connectivity index (χ2v) is 8.45. The zero-order valence-electron chi connectivity index (χ0n) is 17.6. The van der Waals surface area contributed by atoms with Crippen LogP contribution in [0.3, 0.4) is 0 Å². The molecule has 1 saturated heterocycles. The summed E-state index contributed by atoms with van der Waals surface area (Å²) < 4.78 is 10.8. The minimum Gasteiger partial charge on any atom is -0.497 e. The highest BCUT2D eigenvalue weighted by atomic mass is 16.5. The van der Waals surface area contributed by atoms with E-state index in [-0.39, 0.29) is 29.3 Å². The van der Waals surface area contributed by atoms with Gasteiger partial charge in [-0.05, 0) is 49.3 Å². The molecule has 0 bridgehead atoms. The summed E-state index contributed by atoms with van der Waals surface area (Å²) in [6.07, 6.45) is 3.70. The van der Waals surface area contributed by atoms with Crippen molar-refractivity contribution in [1.29, 1.82) is 0 Å². The van der Waals surface area contributed by atoms with Gasteiger partial charge in [-0.1, -0.05) is 26.0 Å². The molecular formula is C22H33N3O4. The Bertz CT molecular complexity index is 695. The molecule has 3 N–H and O–H groups in total. The van der Waals surface area contributed by atoms with Crippen LogP contribution in [-0.4, -0.2) is 50.9 Å². The van der Waals surface area contributed by atoms with Crippen LogP contribution in [-0.2, 0) is 14.9 Å². The molecule has 1 aromatic carbocycles. The molecule has 1 atom stereocenters. The van der Waals surface area contributed by atoms with E-state index in [0.29, 0.717) is 19.8 Å². The second-order valence-electron chi connectivity index (χ2n) is 8.45. The SMILES string of the molecule is COc1ccc(C2(CNC(=O)N[C@H](C(=O)NC3CC3)C(C)C)CCOCC2)cc1. The van der Waals surface area contributed by atoms with E-state index in [1.807, 2.05) is 26.0 Å². The van der Waals surface area contributed by atoms with Crippen LogP contribution >= 0.6 is 0 Å². The van der Waals surface area contributed by atoms with Crippen molar-refractivity contribution in [1.82, 2.24) is 16.0 Å². The van der Waals surface area contributed by atoms with Crippen LogP contribution in [0.25, 0.3) is 0 Å². The maximum atomic E-state index is 12.6. The second kappa shape index (κ2) is 9.48. The molecule has 1 heterocycles. The average molecular weight is 404 g/mol. The number of hydrogen-bond donors (Lipinski definition) is 3. The van der Waals surface area contributed by atoms with Crippen LogP contribution in [0.1, 0.15) is 45.1 Å². The van der Waals surface area contributed by atoms with Gasteiger partial charge in [0.15, 0.2) is 0 Å². The van der Waals surface area contributed by atoms with E-state index in [0.717, 1.165) is 37.0 Å². The Kier molecular flexibility index (Phi) is 7.00. The Morgan fingerprint density at radius 2 is 1.83 bits per heavy atom. The summed E-state index contributed by atoms with van der Waals surface area (Å²) in [5.74, 6) is 0.717. The van der Waals surface area contributed by atoms with Gasteiger partial charge in [-0.15, -0.1) is 0 Å². The maximum absolute atomic E-state index is 12.6. The van der Waals surface area contributed by atoms with Gasteiger partial charge in [-0.25, -0.2) is 4.79 Å². The van der Waals surface area contributed by atoms with Crippen molar-refractivity contribution in [3.63, 3.8) is 0 Å². The summed E-state index contributed by atoms with van der Waals surface area (Å²) in [6.45, 7) is 5.69. The summed E-state index contributed by atoms with van der Waals surface area (Å²) in [5, 5.41) is 8.86. The Labute approximate surface area is 172 Å². The van der Waals surface area contributed by atoms with Crippen molar-refractivity contribution in [2.75, 3.05) is 26.9 Å². The van der Waals surface area contributed by atoms with Crippen LogP contribution in [0.5, 0.6) is 5.75 Å². The van der Waals surface area contributed by atoms with Gasteiger partial charge < -0.3 is 25.4 Å². The number of nitrogens with one attached hydrogen (secondary N) is 3. The Morgan fingerprint density at radius 1 is 1.17 bits per heavy atom. The van der Waals surface area contributed by atoms with Crippen molar-refractivity contribution >= 4 is 11.9 Å². The highest BCUT2D eigenvalue weighted by Crippen LogP contribution is 2.35. The number of ether oxygens (including phenoxy) is 2. The van der Waals surface area contributed by atoms with Crippen LogP contribution in [0.4, 0.5) is 4.79 Å². The van der Waals surface area contributed by atoms with Gasteiger partial charge in [-0.3, -0.25) is 4.79 Å². The van der Waals surface area contributed by atoms with Crippen molar-refractivity contribution in [2.45, 2.75) is 57.0 Å². The highest BCUT2D eigenvalue weighted by Gasteiger charge is 2.36. The normalized spacial score (nSPS) is 19.3. The predicted octanol–water partition coefficient (Wildman–Crippen LogP) is 2.35. The Morgan fingerprint density at radius 3 is 2.38 bits per heavy atom. The topological polar surface area (TPSA) is 88.7 Å². The number of urea groups is 1. The van der Waals surface area contributed by atoms with Crippen molar-refractivity contribution in [3.8, 4) is 5.75 Å². The van der Waals surface area contributed by atoms with E-state index in [2.05, 4.69) is 28.1 Å². The molecule has 1 saturated carbocycles. The van der Waals surface area contributed by atoms with E-state index in [1.165, 1.54) is 0 Å². The molecule has 0 radical (unpaired) electrons. The van der Waals surface area contributed by atoms with E-state index < -0.39 is 6.04 Å². The third-order valence-electron chi connectivity index (χ3n) is 5.90. The van der Waals surface area contributed by atoms with E-state index in [9.17, 15) is 9.59 Å². The van der Waals surface area contributed by atoms with E-state index >= 15 is 0 Å². The first-order valence-corrected chi connectivity index (χ1v) is 10.5. The van der Waals surface area contributed by atoms with Crippen LogP contribution in [0.2, 0.25) is 0 Å². The van der Waals surface area contributed by atoms with Gasteiger partial charge >= 0.3 is 6.03 Å². The fourth-order valence-corrected chi connectivity index (χ4v) is 3.77. The molecular weight excluding hydrogens is 370 g/mol. The third kappa shape index (κ3) is 5.63. The molecule has 29 heavy (non-hydrogen) atoms. The lowest BCUT2D eigenvalue weighted by atomic mass is 9.74. The van der Waals surface area contributed by atoms with Crippen LogP contribution in [0, 0.1) is 5.92 Å². The van der Waals surface area contributed by atoms with Gasteiger partial charge in [0.2, 0.25) is 5.91 Å². The lowest BCUT2D eigenvalue weighted by molar-refractivity contribution is -0.124. The molecule has 7 heteroatoms. The van der Waals surface area contributed by atoms with Crippen LogP contribution in [0.15, 0.2) is 24.3 Å². The molecule has 2 fully saturated rings. The minimum atomic E-state index is -0.540. The quantitative estimate of drug-likeness (QED) is 0.622. The number of hydrogen-bond acceptors (Lipinski definition) is 4. The third-order valence-corrected chi connectivity index (χ3v) is 5.90.